The van der Waals surface area contributed by atoms with Gasteiger partial charge in [-0.15, -0.1) is 0 Å². The lowest BCUT2D eigenvalue weighted by atomic mass is 9.99. The van der Waals surface area contributed by atoms with Gasteiger partial charge in [-0.05, 0) is 72.2 Å². The van der Waals surface area contributed by atoms with Gasteiger partial charge in [-0.25, -0.2) is 9.37 Å². The number of nitrogens with zero attached hydrogens (tertiary/aromatic N) is 2. The zero-order valence-corrected chi connectivity index (χ0v) is 22.0. The minimum atomic E-state index is -4.70. The molecule has 4 aromatic rings. The fraction of sp³-hybridized carbons (Fsp3) is 0.233. The van der Waals surface area contributed by atoms with E-state index in [1.54, 1.807) is 30.3 Å². The number of hydrogen-bond acceptors (Lipinski definition) is 5. The molecule has 1 saturated heterocycles. The van der Waals surface area contributed by atoms with Crippen molar-refractivity contribution in [1.82, 2.24) is 15.2 Å². The first-order chi connectivity index (χ1) is 19.4. The van der Waals surface area contributed by atoms with Crippen LogP contribution < -0.4 is 11.1 Å². The standard InChI is InChI=1S/C30H26F4N4O3/c1-29(31)10-11-38(17-29)28(40)20-6-4-19(5-7-20)21-12-22-13-23(41-27(22)24(14-21)30(32,33)34)16-37-26(39)9-3-18-2-8-25(35)36-15-18/h2-9,12-15H,10-11,16-17H2,1H3,(H2,35,36)(H,37,39)/t29-/m0/s1. The van der Waals surface area contributed by atoms with Crippen LogP contribution in [0.5, 0.6) is 0 Å². The van der Waals surface area contributed by atoms with Crippen molar-refractivity contribution < 1.29 is 31.6 Å². The molecule has 0 aliphatic carbocycles. The fourth-order valence-electron chi connectivity index (χ4n) is 4.68. The highest BCUT2D eigenvalue weighted by atomic mass is 19.4. The molecule has 2 amide bonds. The van der Waals surface area contributed by atoms with Crippen molar-refractivity contribution in [2.24, 2.45) is 0 Å². The van der Waals surface area contributed by atoms with Crippen LogP contribution in [0.4, 0.5) is 23.4 Å². The number of alkyl halides is 4. The summed E-state index contributed by atoms with van der Waals surface area (Å²) in [6, 6.07) is 13.4. The summed E-state index contributed by atoms with van der Waals surface area (Å²) in [6.07, 6.45) is -0.160. The van der Waals surface area contributed by atoms with Gasteiger partial charge in [0.25, 0.3) is 5.91 Å². The number of halogens is 4. The first-order valence-electron chi connectivity index (χ1n) is 12.8. The number of likely N-dealkylation sites (tertiary alicyclic amines) is 1. The van der Waals surface area contributed by atoms with Crippen molar-refractivity contribution in [2.75, 3.05) is 18.8 Å². The summed E-state index contributed by atoms with van der Waals surface area (Å²) in [5.41, 5.74) is 4.51. The van der Waals surface area contributed by atoms with E-state index < -0.39 is 23.3 Å². The number of carbonyl (C=O) groups is 2. The van der Waals surface area contributed by atoms with Crippen LogP contribution in [0.25, 0.3) is 28.2 Å². The van der Waals surface area contributed by atoms with Crippen LogP contribution in [-0.4, -0.2) is 40.5 Å². The lowest BCUT2D eigenvalue weighted by Crippen LogP contribution is -2.31. The highest BCUT2D eigenvalue weighted by Gasteiger charge is 2.37. The van der Waals surface area contributed by atoms with Crippen LogP contribution in [0.15, 0.2) is 71.3 Å². The highest BCUT2D eigenvalue weighted by molar-refractivity contribution is 5.95. The molecule has 212 valence electrons. The topological polar surface area (TPSA) is 101 Å². The van der Waals surface area contributed by atoms with Gasteiger partial charge in [0.2, 0.25) is 5.91 Å². The Bertz CT molecular complexity index is 1620. The summed E-state index contributed by atoms with van der Waals surface area (Å²) in [6.45, 7) is 1.62. The lowest BCUT2D eigenvalue weighted by molar-refractivity contribution is -0.136. The van der Waals surface area contributed by atoms with E-state index in [4.69, 9.17) is 10.2 Å². The van der Waals surface area contributed by atoms with Crippen LogP contribution in [0, 0.1) is 0 Å². The maximum atomic E-state index is 14.2. The third-order valence-corrected chi connectivity index (χ3v) is 6.82. The summed E-state index contributed by atoms with van der Waals surface area (Å²) in [7, 11) is 0. The highest BCUT2D eigenvalue weighted by Crippen LogP contribution is 2.39. The molecule has 7 nitrogen and oxygen atoms in total. The maximum absolute atomic E-state index is 14.2. The number of benzene rings is 2. The van der Waals surface area contributed by atoms with Gasteiger partial charge in [0.1, 0.15) is 22.8 Å². The molecule has 1 aliphatic heterocycles. The van der Waals surface area contributed by atoms with Gasteiger partial charge in [-0.3, -0.25) is 9.59 Å². The van der Waals surface area contributed by atoms with Crippen LogP contribution in [0.3, 0.4) is 0 Å². The normalized spacial score (nSPS) is 17.4. The molecular formula is C30H26F4N4O3. The second kappa shape index (κ2) is 10.7. The number of carbonyl (C=O) groups excluding carboxylic acids is 2. The molecule has 0 unspecified atom stereocenters. The molecule has 0 bridgehead atoms. The molecule has 1 fully saturated rings. The van der Waals surface area contributed by atoms with Gasteiger partial charge < -0.3 is 20.4 Å². The number of pyridine rings is 1. The fourth-order valence-corrected chi connectivity index (χ4v) is 4.68. The second-order valence-corrected chi connectivity index (χ2v) is 10.2. The number of nitrogens with one attached hydrogen (secondary N) is 1. The van der Waals surface area contributed by atoms with Crippen LogP contribution in [-0.2, 0) is 17.5 Å². The molecule has 1 atom stereocenters. The van der Waals surface area contributed by atoms with Gasteiger partial charge in [-0.2, -0.15) is 13.2 Å². The zero-order valence-electron chi connectivity index (χ0n) is 22.0. The van der Waals surface area contributed by atoms with Gasteiger partial charge in [0.05, 0.1) is 18.7 Å². The van der Waals surface area contributed by atoms with Gasteiger partial charge in [-0.1, -0.05) is 12.1 Å². The van der Waals surface area contributed by atoms with Crippen molar-refractivity contribution in [3.8, 4) is 11.1 Å². The average molecular weight is 567 g/mol. The van der Waals surface area contributed by atoms with Crippen molar-refractivity contribution in [3.05, 3.63) is 89.3 Å². The number of aromatic nitrogens is 1. The van der Waals surface area contributed by atoms with Gasteiger partial charge in [0, 0.05) is 36.2 Å². The number of rotatable bonds is 6. The Morgan fingerprint density at radius 1 is 1.12 bits per heavy atom. The number of furan rings is 1. The molecule has 1 aliphatic rings. The lowest BCUT2D eigenvalue weighted by Gasteiger charge is -2.18. The Labute approximate surface area is 232 Å². The van der Waals surface area contributed by atoms with E-state index in [2.05, 4.69) is 10.3 Å². The quantitative estimate of drug-likeness (QED) is 0.220. The van der Waals surface area contributed by atoms with Crippen molar-refractivity contribution >= 4 is 34.7 Å². The number of fused-ring (bicyclic) bond motifs is 1. The van der Waals surface area contributed by atoms with Crippen LogP contribution in [0.1, 0.15) is 40.6 Å². The van der Waals surface area contributed by atoms with Crippen LogP contribution >= 0.6 is 0 Å². The molecule has 3 N–H and O–H groups in total. The van der Waals surface area contributed by atoms with E-state index in [0.29, 0.717) is 29.1 Å². The molecule has 2 aromatic heterocycles. The smallest absolute Gasteiger partial charge is 0.420 e. The Balaban J connectivity index is 1.34. The summed E-state index contributed by atoms with van der Waals surface area (Å²) >= 11 is 0. The van der Waals surface area contributed by atoms with Crippen molar-refractivity contribution in [2.45, 2.75) is 31.7 Å². The predicted octanol–water partition coefficient (Wildman–Crippen LogP) is 6.00. The number of hydrogen-bond donors (Lipinski definition) is 2. The Kier molecular flexibility index (Phi) is 7.29. The third-order valence-electron chi connectivity index (χ3n) is 6.82. The van der Waals surface area contributed by atoms with E-state index in [1.807, 2.05) is 0 Å². The van der Waals surface area contributed by atoms with E-state index in [9.17, 15) is 27.2 Å². The minimum Gasteiger partial charge on any atom is -0.459 e. The molecule has 41 heavy (non-hydrogen) atoms. The summed E-state index contributed by atoms with van der Waals surface area (Å²) in [5.74, 6) is -0.316. The molecule has 5 rings (SSSR count). The summed E-state index contributed by atoms with van der Waals surface area (Å²) in [4.78, 5) is 30.3. The summed E-state index contributed by atoms with van der Waals surface area (Å²) in [5, 5.41) is 2.80. The third kappa shape index (κ3) is 6.40. The van der Waals surface area contributed by atoms with E-state index >= 15 is 0 Å². The molecule has 2 aromatic carbocycles. The monoisotopic (exact) mass is 566 g/mol. The molecule has 3 heterocycles. The minimum absolute atomic E-state index is 0.00117. The molecule has 0 spiro atoms. The molecule has 0 radical (unpaired) electrons. The van der Waals surface area contributed by atoms with Crippen molar-refractivity contribution in [1.29, 1.82) is 0 Å². The van der Waals surface area contributed by atoms with Gasteiger partial charge in [0.15, 0.2) is 0 Å². The largest absolute Gasteiger partial charge is 0.459 e. The first-order valence-corrected chi connectivity index (χ1v) is 12.8. The van der Waals surface area contributed by atoms with Crippen molar-refractivity contribution in [3.63, 3.8) is 0 Å². The molecule has 0 saturated carbocycles. The van der Waals surface area contributed by atoms with Gasteiger partial charge >= 0.3 is 6.18 Å². The second-order valence-electron chi connectivity index (χ2n) is 10.2. The average Bonchev–Trinajstić information content (AvgIpc) is 3.52. The van der Waals surface area contributed by atoms with Crippen LogP contribution in [0.2, 0.25) is 0 Å². The van der Waals surface area contributed by atoms with E-state index in [-0.39, 0.29) is 47.7 Å². The Hall–Kier alpha value is -4.67. The maximum Gasteiger partial charge on any atom is 0.420 e. The number of anilines is 1. The van der Waals surface area contributed by atoms with E-state index in [1.165, 1.54) is 48.4 Å². The SMILES string of the molecule is C[C@]1(F)CCN(C(=O)c2ccc(-c3cc(C(F)(F)F)c4oc(CNC(=O)C=Cc5ccc(N)nc5)cc4c3)cc2)C1. The Morgan fingerprint density at radius 2 is 1.88 bits per heavy atom. The molecule has 11 heteroatoms. The number of nitrogen functional groups attached to an aromatic ring is 1. The zero-order chi connectivity index (χ0) is 29.4. The van der Waals surface area contributed by atoms with E-state index in [0.717, 1.165) is 6.07 Å². The Morgan fingerprint density at radius 3 is 2.51 bits per heavy atom. The number of nitrogens with two attached hydrogens (primary N) is 1. The molecular weight excluding hydrogens is 540 g/mol. The summed E-state index contributed by atoms with van der Waals surface area (Å²) < 4.78 is 61.7. The first kappa shape index (κ1) is 27.9. The predicted molar refractivity (Wildman–Crippen MR) is 146 cm³/mol. The number of amides is 2.